The maximum atomic E-state index is 13.5. The third-order valence-electron chi connectivity index (χ3n) is 6.16. The van der Waals surface area contributed by atoms with Gasteiger partial charge in [-0.1, -0.05) is 36.3 Å². The molecule has 0 aliphatic carbocycles. The van der Waals surface area contributed by atoms with E-state index in [1.807, 2.05) is 44.1 Å². The fraction of sp³-hybridized carbons (Fsp3) is 0.440. The molecule has 7 nitrogen and oxygen atoms in total. The number of carbonyl (C=O) groups excluding carboxylic acids is 1. The zero-order chi connectivity index (χ0) is 24.3. The molecule has 0 bridgehead atoms. The Balaban J connectivity index is 1.61. The molecule has 34 heavy (non-hydrogen) atoms. The fourth-order valence-electron chi connectivity index (χ4n) is 4.13. The number of nitrogens with zero attached hydrogens (tertiary/aromatic N) is 4. The first-order valence-corrected chi connectivity index (χ1v) is 14.0. The van der Waals surface area contributed by atoms with Gasteiger partial charge in [-0.3, -0.25) is 9.69 Å². The van der Waals surface area contributed by atoms with Gasteiger partial charge in [-0.2, -0.15) is 4.31 Å². The number of fused-ring (bicyclic) bond motifs is 1. The van der Waals surface area contributed by atoms with Gasteiger partial charge in [0.25, 0.3) is 5.91 Å². The molecule has 3 aromatic rings. The summed E-state index contributed by atoms with van der Waals surface area (Å²) in [6.07, 6.45) is 3.90. The standard InChI is InChI=1S/C25H32N4O3S2/c1-19-9-8-10-22-23(19)26-25(33-22)29(18-17-27(2)3)24(30)20-11-13-21(14-12-20)34(31,32)28-15-6-4-5-7-16-28/h8-14H,4-7,15-18H2,1-3H3. The molecule has 1 amide bonds. The molecule has 1 aliphatic rings. The van der Waals surface area contributed by atoms with E-state index in [4.69, 9.17) is 4.98 Å². The number of para-hydroxylation sites is 1. The topological polar surface area (TPSA) is 73.8 Å². The van der Waals surface area contributed by atoms with Crippen LogP contribution in [-0.4, -0.2) is 68.8 Å². The third-order valence-corrected chi connectivity index (χ3v) is 9.12. The number of thiazole rings is 1. The summed E-state index contributed by atoms with van der Waals surface area (Å²) in [5.41, 5.74) is 2.43. The summed E-state index contributed by atoms with van der Waals surface area (Å²) in [4.78, 5) is 22.3. The lowest BCUT2D eigenvalue weighted by Crippen LogP contribution is -2.36. The van der Waals surface area contributed by atoms with Crippen molar-refractivity contribution in [3.8, 4) is 0 Å². The van der Waals surface area contributed by atoms with Crippen LogP contribution in [0, 0.1) is 6.92 Å². The van der Waals surface area contributed by atoms with Crippen LogP contribution in [0.4, 0.5) is 5.13 Å². The minimum Gasteiger partial charge on any atom is -0.308 e. The molecule has 0 saturated carbocycles. The second-order valence-electron chi connectivity index (χ2n) is 9.02. The van der Waals surface area contributed by atoms with Gasteiger partial charge in [-0.25, -0.2) is 13.4 Å². The van der Waals surface area contributed by atoms with Crippen molar-refractivity contribution >= 4 is 42.6 Å². The SMILES string of the molecule is Cc1cccc2sc(N(CCN(C)C)C(=O)c3ccc(S(=O)(=O)N4CCCCCC4)cc3)nc12. The molecule has 0 radical (unpaired) electrons. The molecule has 1 aromatic heterocycles. The van der Waals surface area contributed by atoms with Gasteiger partial charge in [0.2, 0.25) is 10.0 Å². The van der Waals surface area contributed by atoms with Crippen LogP contribution >= 0.6 is 11.3 Å². The van der Waals surface area contributed by atoms with Gasteiger partial charge in [0.05, 0.1) is 15.1 Å². The number of anilines is 1. The van der Waals surface area contributed by atoms with Crippen molar-refractivity contribution in [2.75, 3.05) is 45.2 Å². The predicted octanol–water partition coefficient (Wildman–Crippen LogP) is 4.38. The van der Waals surface area contributed by atoms with E-state index >= 15 is 0 Å². The number of aryl methyl sites for hydroxylation is 1. The lowest BCUT2D eigenvalue weighted by atomic mass is 10.2. The van der Waals surface area contributed by atoms with Crippen molar-refractivity contribution in [3.63, 3.8) is 0 Å². The first kappa shape index (κ1) is 24.8. The number of benzene rings is 2. The Morgan fingerprint density at radius 3 is 2.29 bits per heavy atom. The van der Waals surface area contributed by atoms with Crippen molar-refractivity contribution in [2.45, 2.75) is 37.5 Å². The van der Waals surface area contributed by atoms with Gasteiger partial charge < -0.3 is 4.90 Å². The van der Waals surface area contributed by atoms with Gasteiger partial charge in [0.15, 0.2) is 5.13 Å². The van der Waals surface area contributed by atoms with Crippen LogP contribution in [0.3, 0.4) is 0 Å². The van der Waals surface area contributed by atoms with E-state index in [0.717, 1.165) is 41.5 Å². The molecule has 2 heterocycles. The molecule has 0 spiro atoms. The van der Waals surface area contributed by atoms with Crippen LogP contribution < -0.4 is 4.90 Å². The average molecular weight is 501 g/mol. The summed E-state index contributed by atoms with van der Waals surface area (Å²) >= 11 is 1.50. The predicted molar refractivity (Wildman–Crippen MR) is 138 cm³/mol. The third kappa shape index (κ3) is 5.33. The fourth-order valence-corrected chi connectivity index (χ4v) is 6.72. The van der Waals surface area contributed by atoms with Crippen molar-refractivity contribution in [1.82, 2.24) is 14.2 Å². The lowest BCUT2D eigenvalue weighted by molar-refractivity contribution is 0.0985. The number of amides is 1. The second-order valence-corrected chi connectivity index (χ2v) is 12.0. The highest BCUT2D eigenvalue weighted by atomic mass is 32.2. The minimum absolute atomic E-state index is 0.183. The highest BCUT2D eigenvalue weighted by Gasteiger charge is 2.26. The van der Waals surface area contributed by atoms with Crippen LogP contribution in [0.2, 0.25) is 0 Å². The quantitative estimate of drug-likeness (QED) is 0.481. The molecule has 2 aromatic carbocycles. The molecule has 0 N–H and O–H groups in total. The van der Waals surface area contributed by atoms with Crippen molar-refractivity contribution in [3.05, 3.63) is 53.6 Å². The van der Waals surface area contributed by atoms with Gasteiger partial charge in [0.1, 0.15) is 0 Å². The normalized spacial score (nSPS) is 15.5. The Kier molecular flexibility index (Phi) is 7.67. The average Bonchev–Trinajstić information content (AvgIpc) is 3.05. The molecule has 0 atom stereocenters. The Morgan fingerprint density at radius 2 is 1.68 bits per heavy atom. The molecular weight excluding hydrogens is 468 g/mol. The van der Waals surface area contributed by atoms with Crippen LogP contribution in [0.25, 0.3) is 10.2 Å². The summed E-state index contributed by atoms with van der Waals surface area (Å²) < 4.78 is 28.8. The maximum Gasteiger partial charge on any atom is 0.260 e. The summed E-state index contributed by atoms with van der Waals surface area (Å²) in [6.45, 7) is 4.29. The van der Waals surface area contributed by atoms with Crippen molar-refractivity contribution in [2.24, 2.45) is 0 Å². The molecule has 1 saturated heterocycles. The number of hydrogen-bond donors (Lipinski definition) is 0. The van der Waals surface area contributed by atoms with E-state index in [1.54, 1.807) is 33.5 Å². The van der Waals surface area contributed by atoms with Crippen LogP contribution in [0.15, 0.2) is 47.4 Å². The Hall–Kier alpha value is -2.33. The van der Waals surface area contributed by atoms with Crippen molar-refractivity contribution < 1.29 is 13.2 Å². The summed E-state index contributed by atoms with van der Waals surface area (Å²) in [5, 5.41) is 0.650. The highest BCUT2D eigenvalue weighted by Crippen LogP contribution is 2.31. The van der Waals surface area contributed by atoms with E-state index in [1.165, 1.54) is 11.3 Å². The number of rotatable bonds is 7. The second kappa shape index (κ2) is 10.5. The minimum atomic E-state index is -3.55. The van der Waals surface area contributed by atoms with Gasteiger partial charge >= 0.3 is 0 Å². The first-order chi connectivity index (χ1) is 16.3. The molecule has 0 unspecified atom stereocenters. The number of hydrogen-bond acceptors (Lipinski definition) is 6. The van der Waals surface area contributed by atoms with Crippen LogP contribution in [0.5, 0.6) is 0 Å². The molecular formula is C25H32N4O3S2. The summed E-state index contributed by atoms with van der Waals surface area (Å²) in [6, 6.07) is 12.4. The molecule has 9 heteroatoms. The molecule has 182 valence electrons. The Labute approximate surface area is 206 Å². The summed E-state index contributed by atoms with van der Waals surface area (Å²) in [5.74, 6) is -0.183. The number of aromatic nitrogens is 1. The van der Waals surface area contributed by atoms with E-state index in [2.05, 4.69) is 0 Å². The van der Waals surface area contributed by atoms with E-state index in [0.29, 0.717) is 36.9 Å². The van der Waals surface area contributed by atoms with Crippen LogP contribution in [0.1, 0.15) is 41.6 Å². The maximum absolute atomic E-state index is 13.5. The van der Waals surface area contributed by atoms with E-state index < -0.39 is 10.0 Å². The molecule has 4 rings (SSSR count). The summed E-state index contributed by atoms with van der Waals surface area (Å²) in [7, 11) is 0.380. The number of sulfonamides is 1. The monoisotopic (exact) mass is 500 g/mol. The Bertz CT molecular complexity index is 1240. The Morgan fingerprint density at radius 1 is 1.00 bits per heavy atom. The van der Waals surface area contributed by atoms with Gasteiger partial charge in [-0.15, -0.1) is 0 Å². The van der Waals surface area contributed by atoms with Gasteiger partial charge in [0, 0.05) is 31.7 Å². The highest BCUT2D eigenvalue weighted by molar-refractivity contribution is 7.89. The van der Waals surface area contributed by atoms with Crippen LogP contribution in [-0.2, 0) is 10.0 Å². The first-order valence-electron chi connectivity index (χ1n) is 11.7. The van der Waals surface area contributed by atoms with E-state index in [9.17, 15) is 13.2 Å². The number of carbonyl (C=O) groups is 1. The van der Waals surface area contributed by atoms with Gasteiger partial charge in [-0.05, 0) is 69.8 Å². The number of likely N-dealkylation sites (N-methyl/N-ethyl adjacent to an activating group) is 1. The largest absolute Gasteiger partial charge is 0.308 e. The molecule has 1 aliphatic heterocycles. The lowest BCUT2D eigenvalue weighted by Gasteiger charge is -2.22. The molecule has 1 fully saturated rings. The van der Waals surface area contributed by atoms with Crippen molar-refractivity contribution in [1.29, 1.82) is 0 Å². The zero-order valence-electron chi connectivity index (χ0n) is 20.0. The smallest absolute Gasteiger partial charge is 0.260 e. The zero-order valence-corrected chi connectivity index (χ0v) is 21.7. The van der Waals surface area contributed by atoms with E-state index in [-0.39, 0.29) is 10.8 Å².